The van der Waals surface area contributed by atoms with E-state index < -0.39 is 0 Å². The zero-order chi connectivity index (χ0) is 21.4. The molecular formula is C23H19ClN4O2S. The Bertz CT molecular complexity index is 1250. The van der Waals surface area contributed by atoms with Gasteiger partial charge in [-0.15, -0.1) is 11.3 Å². The highest BCUT2D eigenvalue weighted by molar-refractivity contribution is 7.09. The molecule has 0 radical (unpaired) electrons. The van der Waals surface area contributed by atoms with E-state index in [4.69, 9.17) is 16.1 Å². The number of benzene rings is 2. The summed E-state index contributed by atoms with van der Waals surface area (Å²) in [6, 6.07) is 15.2. The highest BCUT2D eigenvalue weighted by Gasteiger charge is 2.35. The third-order valence-electron chi connectivity index (χ3n) is 5.31. The smallest absolute Gasteiger partial charge is 0.232 e. The number of thiazole rings is 1. The Morgan fingerprint density at radius 3 is 2.81 bits per heavy atom. The molecule has 2 aromatic carbocycles. The molecule has 1 aliphatic heterocycles. The van der Waals surface area contributed by atoms with Crippen LogP contribution in [0.1, 0.15) is 30.2 Å². The summed E-state index contributed by atoms with van der Waals surface area (Å²) in [6.07, 6.45) is 1.25. The first kappa shape index (κ1) is 19.9. The van der Waals surface area contributed by atoms with Gasteiger partial charge in [-0.3, -0.25) is 4.79 Å². The predicted molar refractivity (Wildman–Crippen MR) is 121 cm³/mol. The number of carbonyl (C=O) groups excluding carboxylic acids is 1. The molecule has 0 N–H and O–H groups in total. The molecule has 31 heavy (non-hydrogen) atoms. The number of halogens is 1. The third-order valence-corrected chi connectivity index (χ3v) is 6.53. The predicted octanol–water partition coefficient (Wildman–Crippen LogP) is 5.60. The lowest BCUT2D eigenvalue weighted by molar-refractivity contribution is -0.117. The van der Waals surface area contributed by atoms with Gasteiger partial charge in [-0.25, -0.2) is 4.98 Å². The molecule has 1 unspecified atom stereocenters. The number of hydrogen-bond acceptors (Lipinski definition) is 6. The third kappa shape index (κ3) is 3.98. The first-order valence-electron chi connectivity index (χ1n) is 10.1. The van der Waals surface area contributed by atoms with Gasteiger partial charge < -0.3 is 9.42 Å². The summed E-state index contributed by atoms with van der Waals surface area (Å²) in [5.41, 5.74) is 3.60. The van der Waals surface area contributed by atoms with Crippen LogP contribution < -0.4 is 4.90 Å². The van der Waals surface area contributed by atoms with Crippen molar-refractivity contribution in [1.29, 1.82) is 0 Å². The lowest BCUT2D eigenvalue weighted by atomic mass is 10.1. The van der Waals surface area contributed by atoms with E-state index in [0.29, 0.717) is 29.7 Å². The minimum Gasteiger partial charge on any atom is -0.339 e. The van der Waals surface area contributed by atoms with Crippen LogP contribution in [0, 0.1) is 0 Å². The van der Waals surface area contributed by atoms with Gasteiger partial charge in [0.2, 0.25) is 17.6 Å². The van der Waals surface area contributed by atoms with Crippen LogP contribution in [0.15, 0.2) is 58.4 Å². The van der Waals surface area contributed by atoms with E-state index in [1.807, 2.05) is 36.4 Å². The quantitative estimate of drug-likeness (QED) is 0.396. The van der Waals surface area contributed by atoms with E-state index in [9.17, 15) is 4.79 Å². The van der Waals surface area contributed by atoms with Crippen molar-refractivity contribution in [3.63, 3.8) is 0 Å². The number of rotatable bonds is 5. The monoisotopic (exact) mass is 450 g/mol. The fourth-order valence-corrected chi connectivity index (χ4v) is 4.65. The summed E-state index contributed by atoms with van der Waals surface area (Å²) in [5, 5.41) is 7.94. The normalized spacial score (nSPS) is 16.3. The topological polar surface area (TPSA) is 72.1 Å². The van der Waals surface area contributed by atoms with E-state index in [2.05, 4.69) is 27.4 Å². The van der Waals surface area contributed by atoms with E-state index in [1.165, 1.54) is 0 Å². The molecule has 0 saturated carbocycles. The minimum absolute atomic E-state index is 0.0178. The molecule has 1 saturated heterocycles. The maximum atomic E-state index is 12.6. The Morgan fingerprint density at radius 1 is 1.16 bits per heavy atom. The number of anilines is 1. The molecule has 1 aliphatic rings. The summed E-state index contributed by atoms with van der Waals surface area (Å²) in [5.74, 6) is 0.850. The van der Waals surface area contributed by atoms with Crippen molar-refractivity contribution < 1.29 is 9.32 Å². The van der Waals surface area contributed by atoms with Crippen molar-refractivity contribution in [2.24, 2.45) is 0 Å². The average Bonchev–Trinajstić information content (AvgIpc) is 3.53. The van der Waals surface area contributed by atoms with Crippen LogP contribution in [0.2, 0.25) is 5.02 Å². The molecule has 4 aromatic rings. The highest BCUT2D eigenvalue weighted by atomic mass is 35.5. The SMILES string of the molecule is CCc1nc(-c2cccc(-c3noc(C4CC(=O)N(c5cccc(Cl)c5)C4)n3)c2)cs1. The lowest BCUT2D eigenvalue weighted by Gasteiger charge is -2.16. The average molecular weight is 451 g/mol. The van der Waals surface area contributed by atoms with Crippen LogP contribution in [-0.2, 0) is 11.2 Å². The molecule has 2 aromatic heterocycles. The maximum Gasteiger partial charge on any atom is 0.232 e. The standard InChI is InChI=1S/C23H19ClN4O2S/c1-2-20-25-19(13-31-20)14-5-3-6-15(9-14)22-26-23(30-27-22)16-10-21(29)28(12-16)18-8-4-7-17(24)11-18/h3-9,11,13,16H,2,10,12H2,1H3. The maximum absolute atomic E-state index is 12.6. The summed E-state index contributed by atoms with van der Waals surface area (Å²) in [6.45, 7) is 2.58. The first-order chi connectivity index (χ1) is 15.1. The summed E-state index contributed by atoms with van der Waals surface area (Å²) in [7, 11) is 0. The second-order valence-corrected chi connectivity index (χ2v) is 8.78. The number of carbonyl (C=O) groups is 1. The number of amides is 1. The van der Waals surface area contributed by atoms with Crippen molar-refractivity contribution in [1.82, 2.24) is 15.1 Å². The fourth-order valence-electron chi connectivity index (χ4n) is 3.71. The van der Waals surface area contributed by atoms with Crippen LogP contribution in [0.5, 0.6) is 0 Å². The molecule has 0 bridgehead atoms. The van der Waals surface area contributed by atoms with Gasteiger partial charge in [0.1, 0.15) is 0 Å². The zero-order valence-corrected chi connectivity index (χ0v) is 18.4. The molecule has 0 aliphatic carbocycles. The Hall–Kier alpha value is -3.03. The van der Waals surface area contributed by atoms with Gasteiger partial charge in [0.25, 0.3) is 0 Å². The second kappa shape index (κ2) is 8.24. The number of hydrogen-bond donors (Lipinski definition) is 0. The highest BCUT2D eigenvalue weighted by Crippen LogP contribution is 2.33. The van der Waals surface area contributed by atoms with Gasteiger partial charge >= 0.3 is 0 Å². The van der Waals surface area contributed by atoms with Gasteiger partial charge in [0.15, 0.2) is 0 Å². The number of nitrogens with zero attached hydrogens (tertiary/aromatic N) is 4. The molecule has 6 nitrogen and oxygen atoms in total. The van der Waals surface area contributed by atoms with Gasteiger partial charge in [-0.05, 0) is 30.7 Å². The first-order valence-corrected chi connectivity index (χ1v) is 11.3. The zero-order valence-electron chi connectivity index (χ0n) is 16.8. The molecule has 0 spiro atoms. The minimum atomic E-state index is -0.151. The van der Waals surface area contributed by atoms with Gasteiger partial charge in [0.05, 0.1) is 16.6 Å². The van der Waals surface area contributed by atoms with Crippen molar-refractivity contribution in [2.75, 3.05) is 11.4 Å². The Morgan fingerprint density at radius 2 is 2.00 bits per heavy atom. The summed E-state index contributed by atoms with van der Waals surface area (Å²) >= 11 is 7.74. The van der Waals surface area contributed by atoms with E-state index in [0.717, 1.165) is 33.9 Å². The largest absolute Gasteiger partial charge is 0.339 e. The molecule has 8 heteroatoms. The summed E-state index contributed by atoms with van der Waals surface area (Å²) < 4.78 is 5.55. The van der Waals surface area contributed by atoms with Crippen LogP contribution in [0.25, 0.3) is 22.6 Å². The van der Waals surface area contributed by atoms with Crippen LogP contribution >= 0.6 is 22.9 Å². The van der Waals surface area contributed by atoms with Crippen molar-refractivity contribution >= 4 is 34.5 Å². The van der Waals surface area contributed by atoms with Gasteiger partial charge in [-0.2, -0.15) is 4.98 Å². The Labute approximate surface area is 188 Å². The molecule has 1 fully saturated rings. The van der Waals surface area contributed by atoms with E-state index in [-0.39, 0.29) is 11.8 Å². The van der Waals surface area contributed by atoms with Gasteiger partial charge in [-0.1, -0.05) is 47.9 Å². The van der Waals surface area contributed by atoms with Gasteiger partial charge in [0, 0.05) is 40.2 Å². The van der Waals surface area contributed by atoms with Crippen molar-refractivity contribution in [2.45, 2.75) is 25.7 Å². The van der Waals surface area contributed by atoms with Crippen molar-refractivity contribution in [3.8, 4) is 22.6 Å². The molecule has 156 valence electrons. The number of aromatic nitrogens is 3. The molecule has 1 atom stereocenters. The van der Waals surface area contributed by atoms with Crippen LogP contribution in [0.3, 0.4) is 0 Å². The molecular weight excluding hydrogens is 432 g/mol. The second-order valence-electron chi connectivity index (χ2n) is 7.40. The lowest BCUT2D eigenvalue weighted by Crippen LogP contribution is -2.24. The van der Waals surface area contributed by atoms with E-state index >= 15 is 0 Å². The number of aryl methyl sites for hydroxylation is 1. The molecule has 3 heterocycles. The summed E-state index contributed by atoms with van der Waals surface area (Å²) in [4.78, 5) is 23.5. The fraction of sp³-hybridized carbons (Fsp3) is 0.217. The molecule has 1 amide bonds. The van der Waals surface area contributed by atoms with Crippen LogP contribution in [0.4, 0.5) is 5.69 Å². The van der Waals surface area contributed by atoms with Crippen LogP contribution in [-0.4, -0.2) is 27.6 Å². The molecule has 5 rings (SSSR count). The van der Waals surface area contributed by atoms with E-state index in [1.54, 1.807) is 28.4 Å². The Kier molecular flexibility index (Phi) is 5.29. The van der Waals surface area contributed by atoms with Crippen molar-refractivity contribution in [3.05, 3.63) is 69.8 Å². The Balaban J connectivity index is 1.37.